The number of fused-ring (bicyclic) bond motifs is 1. The molecule has 3 N–H and O–H groups in total. The number of methoxy groups -OCH3 is 1. The van der Waals surface area contributed by atoms with Gasteiger partial charge in [-0.25, -0.2) is 9.78 Å². The molecular formula is C23H23N5O3S. The summed E-state index contributed by atoms with van der Waals surface area (Å²) in [6, 6.07) is 17.9. The van der Waals surface area contributed by atoms with Crippen molar-refractivity contribution in [3.05, 3.63) is 71.6 Å². The fourth-order valence-electron chi connectivity index (χ4n) is 3.28. The van der Waals surface area contributed by atoms with Crippen molar-refractivity contribution in [2.24, 2.45) is 0 Å². The number of carbonyl (C=O) groups is 2. The summed E-state index contributed by atoms with van der Waals surface area (Å²) in [5.74, 6) is 0.231. The summed E-state index contributed by atoms with van der Waals surface area (Å²) in [5.41, 5.74) is 2.72. The molecule has 0 atom stereocenters. The average molecular weight is 450 g/mol. The molecule has 8 nitrogen and oxygen atoms in total. The number of thiophene rings is 1. The third-order valence-electron chi connectivity index (χ3n) is 4.76. The molecule has 2 heterocycles. The van der Waals surface area contributed by atoms with Gasteiger partial charge in [-0.05, 0) is 54.3 Å². The Labute approximate surface area is 189 Å². The maximum atomic E-state index is 12.5. The lowest BCUT2D eigenvalue weighted by molar-refractivity contribution is 0.102. The van der Waals surface area contributed by atoms with E-state index in [2.05, 4.69) is 20.9 Å². The average Bonchev–Trinajstić information content (AvgIpc) is 3.42. The van der Waals surface area contributed by atoms with Gasteiger partial charge in [-0.15, -0.1) is 11.3 Å². The van der Waals surface area contributed by atoms with Crippen LogP contribution in [0.4, 0.5) is 21.4 Å². The molecular weight excluding hydrogens is 426 g/mol. The molecule has 0 unspecified atom stereocenters. The molecule has 3 amide bonds. The number of imidazole rings is 1. The maximum absolute atomic E-state index is 12.5. The number of nitrogens with one attached hydrogen (secondary N) is 3. The Bertz CT molecular complexity index is 1210. The van der Waals surface area contributed by atoms with E-state index in [0.29, 0.717) is 35.9 Å². The summed E-state index contributed by atoms with van der Waals surface area (Å²) >= 11 is 1.44. The van der Waals surface area contributed by atoms with Gasteiger partial charge >= 0.3 is 6.03 Å². The number of aryl methyl sites for hydroxylation is 1. The lowest BCUT2D eigenvalue weighted by atomic mass is 10.2. The predicted octanol–water partition coefficient (Wildman–Crippen LogP) is 5.03. The van der Waals surface area contributed by atoms with Crippen molar-refractivity contribution >= 4 is 50.9 Å². The first kappa shape index (κ1) is 21.5. The van der Waals surface area contributed by atoms with Crippen LogP contribution in [0.3, 0.4) is 0 Å². The van der Waals surface area contributed by atoms with Crippen LogP contribution in [-0.2, 0) is 11.3 Å². The fraction of sp³-hybridized carbons (Fsp3) is 0.174. The molecule has 0 spiro atoms. The Hall–Kier alpha value is -3.69. The number of benzene rings is 2. The van der Waals surface area contributed by atoms with E-state index in [1.807, 2.05) is 52.4 Å². The van der Waals surface area contributed by atoms with E-state index < -0.39 is 0 Å². The second kappa shape index (κ2) is 10.1. The van der Waals surface area contributed by atoms with Gasteiger partial charge in [0.2, 0.25) is 5.95 Å². The first-order valence-corrected chi connectivity index (χ1v) is 11.0. The molecule has 0 aliphatic heterocycles. The van der Waals surface area contributed by atoms with Gasteiger partial charge in [0.15, 0.2) is 0 Å². The number of hydrogen-bond donors (Lipinski definition) is 3. The quantitative estimate of drug-likeness (QED) is 0.329. The predicted molar refractivity (Wildman–Crippen MR) is 128 cm³/mol. The normalized spacial score (nSPS) is 10.8. The van der Waals surface area contributed by atoms with Gasteiger partial charge < -0.3 is 14.6 Å². The van der Waals surface area contributed by atoms with E-state index in [1.54, 1.807) is 25.3 Å². The zero-order chi connectivity index (χ0) is 22.3. The second-order valence-corrected chi connectivity index (χ2v) is 7.96. The van der Waals surface area contributed by atoms with Gasteiger partial charge in [-0.1, -0.05) is 18.2 Å². The number of ether oxygens (including phenoxy) is 1. The Kier molecular flexibility index (Phi) is 6.78. The summed E-state index contributed by atoms with van der Waals surface area (Å²) in [7, 11) is 1.65. The highest BCUT2D eigenvalue weighted by Crippen LogP contribution is 2.24. The van der Waals surface area contributed by atoms with Crippen LogP contribution >= 0.6 is 11.3 Å². The van der Waals surface area contributed by atoms with E-state index in [9.17, 15) is 9.59 Å². The topological polar surface area (TPSA) is 97.3 Å². The van der Waals surface area contributed by atoms with Crippen molar-refractivity contribution in [2.75, 3.05) is 29.7 Å². The highest BCUT2D eigenvalue weighted by molar-refractivity contribution is 7.14. The Balaban J connectivity index is 1.57. The zero-order valence-electron chi connectivity index (χ0n) is 17.5. The Morgan fingerprint density at radius 1 is 1.03 bits per heavy atom. The molecule has 0 aliphatic carbocycles. The van der Waals surface area contributed by atoms with Crippen LogP contribution in [0.25, 0.3) is 11.0 Å². The number of aromatic nitrogens is 2. The summed E-state index contributed by atoms with van der Waals surface area (Å²) in [5, 5.41) is 11.2. The van der Waals surface area contributed by atoms with Crippen LogP contribution in [-0.4, -0.2) is 35.2 Å². The molecule has 9 heteroatoms. The number of hydrogen-bond acceptors (Lipinski definition) is 5. The van der Waals surface area contributed by atoms with Gasteiger partial charge in [0.05, 0.1) is 16.0 Å². The zero-order valence-corrected chi connectivity index (χ0v) is 18.3. The number of nitrogens with zero attached hydrogens (tertiary/aromatic N) is 2. The SMILES string of the molecule is COCCCn1c(NC(=O)Nc2cccs2)nc2cc(NC(=O)c3ccccc3)ccc21. The van der Waals surface area contributed by atoms with Crippen LogP contribution in [0.5, 0.6) is 0 Å². The first-order chi connectivity index (χ1) is 15.6. The minimum absolute atomic E-state index is 0.196. The molecule has 0 saturated carbocycles. The van der Waals surface area contributed by atoms with Crippen molar-refractivity contribution < 1.29 is 14.3 Å². The molecule has 0 bridgehead atoms. The number of rotatable bonds is 8. The number of amides is 3. The van der Waals surface area contributed by atoms with E-state index in [1.165, 1.54) is 11.3 Å². The number of urea groups is 1. The minimum Gasteiger partial charge on any atom is -0.385 e. The van der Waals surface area contributed by atoms with Crippen LogP contribution in [0.2, 0.25) is 0 Å². The molecule has 4 aromatic rings. The van der Waals surface area contributed by atoms with Gasteiger partial charge in [-0.3, -0.25) is 15.4 Å². The lowest BCUT2D eigenvalue weighted by Gasteiger charge is -2.10. The van der Waals surface area contributed by atoms with Crippen LogP contribution in [0.1, 0.15) is 16.8 Å². The van der Waals surface area contributed by atoms with Crippen LogP contribution < -0.4 is 16.0 Å². The third-order valence-corrected chi connectivity index (χ3v) is 5.54. The molecule has 2 aromatic heterocycles. The van der Waals surface area contributed by atoms with Gasteiger partial charge in [0.25, 0.3) is 5.91 Å². The minimum atomic E-state index is -0.367. The van der Waals surface area contributed by atoms with Crippen LogP contribution in [0, 0.1) is 0 Å². The second-order valence-electron chi connectivity index (χ2n) is 7.01. The van der Waals surface area contributed by atoms with Gasteiger partial charge in [-0.2, -0.15) is 0 Å². The van der Waals surface area contributed by atoms with Crippen LogP contribution in [0.15, 0.2) is 66.0 Å². The smallest absolute Gasteiger partial charge is 0.326 e. The monoisotopic (exact) mass is 449 g/mol. The number of anilines is 3. The largest absolute Gasteiger partial charge is 0.385 e. The fourth-order valence-corrected chi connectivity index (χ4v) is 3.90. The Morgan fingerprint density at radius 3 is 2.62 bits per heavy atom. The van der Waals surface area contributed by atoms with Crippen molar-refractivity contribution in [1.82, 2.24) is 9.55 Å². The molecule has 0 radical (unpaired) electrons. The molecule has 164 valence electrons. The van der Waals surface area contributed by atoms with Crippen molar-refractivity contribution in [1.29, 1.82) is 0 Å². The standard InChI is InChI=1S/C23H23N5O3S/c1-31-13-6-12-28-19-11-10-17(24-21(29)16-7-3-2-4-8-16)15-18(19)25-22(28)27-23(30)26-20-9-5-14-32-20/h2-5,7-11,14-15H,6,12-13H2,1H3,(H,24,29)(H2,25,26,27,30). The van der Waals surface area contributed by atoms with E-state index in [0.717, 1.165) is 16.9 Å². The number of carbonyl (C=O) groups excluding carboxylic acids is 2. The van der Waals surface area contributed by atoms with E-state index in [-0.39, 0.29) is 11.9 Å². The Morgan fingerprint density at radius 2 is 1.88 bits per heavy atom. The highest BCUT2D eigenvalue weighted by Gasteiger charge is 2.15. The maximum Gasteiger partial charge on any atom is 0.326 e. The van der Waals surface area contributed by atoms with Gasteiger partial charge in [0, 0.05) is 31.5 Å². The van der Waals surface area contributed by atoms with Crippen molar-refractivity contribution in [3.63, 3.8) is 0 Å². The van der Waals surface area contributed by atoms with Crippen molar-refractivity contribution in [2.45, 2.75) is 13.0 Å². The summed E-state index contributed by atoms with van der Waals surface area (Å²) in [6.45, 7) is 1.21. The highest BCUT2D eigenvalue weighted by atomic mass is 32.1. The molecule has 2 aromatic carbocycles. The molecule has 0 aliphatic rings. The van der Waals surface area contributed by atoms with Crippen molar-refractivity contribution in [3.8, 4) is 0 Å². The van der Waals surface area contributed by atoms with E-state index >= 15 is 0 Å². The molecule has 32 heavy (non-hydrogen) atoms. The molecule has 4 rings (SSSR count). The summed E-state index contributed by atoms with van der Waals surface area (Å²) in [4.78, 5) is 29.5. The summed E-state index contributed by atoms with van der Waals surface area (Å²) < 4.78 is 7.10. The summed E-state index contributed by atoms with van der Waals surface area (Å²) in [6.07, 6.45) is 0.760. The lowest BCUT2D eigenvalue weighted by Crippen LogP contribution is -2.21. The molecule has 0 saturated heterocycles. The first-order valence-electron chi connectivity index (χ1n) is 10.1. The van der Waals surface area contributed by atoms with E-state index in [4.69, 9.17) is 4.74 Å². The van der Waals surface area contributed by atoms with Gasteiger partial charge in [0.1, 0.15) is 0 Å². The molecule has 0 fully saturated rings. The third kappa shape index (κ3) is 5.13.